The Morgan fingerprint density at radius 2 is 1.97 bits per heavy atom. The fraction of sp³-hybridized carbons (Fsp3) is 0.650. The molecule has 0 aromatic heterocycles. The van der Waals surface area contributed by atoms with E-state index in [1.165, 1.54) is 0 Å². The van der Waals surface area contributed by atoms with Crippen LogP contribution in [0.1, 0.15) is 23.2 Å². The number of aliphatic hydroxyl groups is 1. The van der Waals surface area contributed by atoms with Crippen molar-refractivity contribution in [2.24, 2.45) is 5.92 Å². The van der Waals surface area contributed by atoms with Gasteiger partial charge in [0, 0.05) is 32.0 Å². The van der Waals surface area contributed by atoms with E-state index in [0.29, 0.717) is 72.6 Å². The van der Waals surface area contributed by atoms with E-state index >= 15 is 0 Å². The molecule has 2 saturated heterocycles. The third kappa shape index (κ3) is 5.03. The highest BCUT2D eigenvalue weighted by molar-refractivity contribution is 9.10. The monoisotopic (exact) mass is 504 g/mol. The highest BCUT2D eigenvalue weighted by Gasteiger charge is 2.31. The third-order valence-corrected chi connectivity index (χ3v) is 6.90. The number of rotatable bonds is 5. The molecule has 166 valence electrons. The number of aliphatic hydroxyl groups excluding tert-OH is 1. The number of nitrogens with zero attached hydrogens (tertiary/aromatic N) is 1. The van der Waals surface area contributed by atoms with Gasteiger partial charge in [-0.25, -0.2) is 0 Å². The molecule has 2 fully saturated rings. The standard InChI is InChI=1S/C20H26BrClN2O6/c21-17-14(22)8-13(18-19(17)30-5-1-4-29-18)20(26)23-9-12-2-3-24(10-15(12)25)11-16-27-6-7-28-16/h8,12,15-16,25H,1-7,9-11H2,(H,23,26)/t12-,15?/m0/s1. The molecule has 1 aromatic carbocycles. The molecule has 0 aliphatic carbocycles. The zero-order chi connectivity index (χ0) is 21.1. The zero-order valence-corrected chi connectivity index (χ0v) is 18.9. The summed E-state index contributed by atoms with van der Waals surface area (Å²) in [6, 6.07) is 1.58. The van der Waals surface area contributed by atoms with Gasteiger partial charge in [-0.2, -0.15) is 0 Å². The number of carbonyl (C=O) groups is 1. The molecule has 0 saturated carbocycles. The summed E-state index contributed by atoms with van der Waals surface area (Å²) in [5.41, 5.74) is 0.336. The number of hydrogen-bond acceptors (Lipinski definition) is 7. The summed E-state index contributed by atoms with van der Waals surface area (Å²) in [4.78, 5) is 15.0. The maximum atomic E-state index is 12.9. The van der Waals surface area contributed by atoms with Crippen LogP contribution in [0.15, 0.2) is 10.5 Å². The van der Waals surface area contributed by atoms with Gasteiger partial charge in [0.25, 0.3) is 5.91 Å². The van der Waals surface area contributed by atoms with Gasteiger partial charge in [-0.05, 0) is 35.0 Å². The Kier molecular flexibility index (Phi) is 7.38. The smallest absolute Gasteiger partial charge is 0.255 e. The molecule has 3 aliphatic rings. The van der Waals surface area contributed by atoms with Crippen LogP contribution in [0.3, 0.4) is 0 Å². The van der Waals surface area contributed by atoms with Crippen molar-refractivity contribution in [3.05, 3.63) is 21.1 Å². The molecular weight excluding hydrogens is 480 g/mol. The number of benzene rings is 1. The van der Waals surface area contributed by atoms with Gasteiger partial charge in [0.15, 0.2) is 17.8 Å². The molecule has 10 heteroatoms. The minimum atomic E-state index is -0.536. The van der Waals surface area contributed by atoms with Gasteiger partial charge in [-0.15, -0.1) is 0 Å². The summed E-state index contributed by atoms with van der Waals surface area (Å²) >= 11 is 9.68. The fourth-order valence-electron chi connectivity index (χ4n) is 3.93. The van der Waals surface area contributed by atoms with Gasteiger partial charge < -0.3 is 29.4 Å². The molecule has 8 nitrogen and oxygen atoms in total. The van der Waals surface area contributed by atoms with Crippen molar-refractivity contribution in [1.82, 2.24) is 10.2 Å². The maximum Gasteiger partial charge on any atom is 0.255 e. The molecule has 1 aromatic rings. The van der Waals surface area contributed by atoms with Crippen LogP contribution in [-0.2, 0) is 9.47 Å². The first kappa shape index (κ1) is 22.1. The third-order valence-electron chi connectivity index (χ3n) is 5.59. The topological polar surface area (TPSA) is 89.5 Å². The van der Waals surface area contributed by atoms with Crippen molar-refractivity contribution in [1.29, 1.82) is 0 Å². The van der Waals surface area contributed by atoms with E-state index in [9.17, 15) is 9.90 Å². The number of carbonyl (C=O) groups excluding carboxylic acids is 1. The second-order valence-corrected chi connectivity index (χ2v) is 8.89. The van der Waals surface area contributed by atoms with Gasteiger partial charge in [-0.3, -0.25) is 9.69 Å². The second-order valence-electron chi connectivity index (χ2n) is 7.69. The Bertz CT molecular complexity index is 776. The molecule has 2 N–H and O–H groups in total. The quantitative estimate of drug-likeness (QED) is 0.633. The summed E-state index contributed by atoms with van der Waals surface area (Å²) in [5, 5.41) is 13.9. The Morgan fingerprint density at radius 3 is 2.70 bits per heavy atom. The summed E-state index contributed by atoms with van der Waals surface area (Å²) in [6.07, 6.45) is 0.743. The number of hydrogen-bond donors (Lipinski definition) is 2. The number of nitrogens with one attached hydrogen (secondary N) is 1. The van der Waals surface area contributed by atoms with E-state index in [1.807, 2.05) is 0 Å². The van der Waals surface area contributed by atoms with Gasteiger partial charge >= 0.3 is 0 Å². The predicted molar refractivity (Wildman–Crippen MR) is 113 cm³/mol. The van der Waals surface area contributed by atoms with Crippen LogP contribution < -0.4 is 14.8 Å². The lowest BCUT2D eigenvalue weighted by Gasteiger charge is -2.36. The Hall–Kier alpha value is -1.10. The molecule has 1 amide bonds. The fourth-order valence-corrected chi connectivity index (χ4v) is 4.53. The van der Waals surface area contributed by atoms with Gasteiger partial charge in [0.05, 0.1) is 47.6 Å². The first-order chi connectivity index (χ1) is 14.5. The van der Waals surface area contributed by atoms with Crippen molar-refractivity contribution in [3.8, 4) is 11.5 Å². The van der Waals surface area contributed by atoms with E-state index < -0.39 is 6.10 Å². The predicted octanol–water partition coefficient (Wildman–Crippen LogP) is 2.05. The lowest BCUT2D eigenvalue weighted by atomic mass is 9.93. The number of amides is 1. The van der Waals surface area contributed by atoms with E-state index in [0.717, 1.165) is 19.4 Å². The minimum absolute atomic E-state index is 0.0303. The number of fused-ring (bicyclic) bond motifs is 1. The number of piperidine rings is 1. The number of halogens is 2. The molecule has 2 atom stereocenters. The SMILES string of the molecule is O=C(NC[C@@H]1CCN(CC2OCCO2)CC1O)c1cc(Cl)c(Br)c2c1OCCCO2. The van der Waals surface area contributed by atoms with Crippen molar-refractivity contribution in [2.75, 3.05) is 52.6 Å². The van der Waals surface area contributed by atoms with E-state index in [4.69, 9.17) is 30.5 Å². The Labute approximate surface area is 188 Å². The Morgan fingerprint density at radius 1 is 1.23 bits per heavy atom. The van der Waals surface area contributed by atoms with Gasteiger partial charge in [0.2, 0.25) is 0 Å². The largest absolute Gasteiger partial charge is 0.489 e. The molecule has 1 unspecified atom stereocenters. The van der Waals surface area contributed by atoms with E-state index in [1.54, 1.807) is 6.07 Å². The van der Waals surface area contributed by atoms with Gasteiger partial charge in [-0.1, -0.05) is 11.6 Å². The summed E-state index contributed by atoms with van der Waals surface area (Å²) < 4.78 is 23.0. The minimum Gasteiger partial charge on any atom is -0.489 e. The second kappa shape index (κ2) is 10.0. The maximum absolute atomic E-state index is 12.9. The van der Waals surface area contributed by atoms with E-state index in [-0.39, 0.29) is 18.1 Å². The van der Waals surface area contributed by atoms with Crippen molar-refractivity contribution in [2.45, 2.75) is 25.2 Å². The lowest BCUT2D eigenvalue weighted by Crippen LogP contribution is -2.49. The molecule has 0 spiro atoms. The highest BCUT2D eigenvalue weighted by atomic mass is 79.9. The lowest BCUT2D eigenvalue weighted by molar-refractivity contribution is -0.0780. The van der Waals surface area contributed by atoms with Gasteiger partial charge in [0.1, 0.15) is 0 Å². The number of ether oxygens (including phenoxy) is 4. The zero-order valence-electron chi connectivity index (χ0n) is 16.6. The molecule has 0 radical (unpaired) electrons. The summed E-state index contributed by atoms with van der Waals surface area (Å²) in [6.45, 7) is 4.56. The van der Waals surface area contributed by atoms with Crippen LogP contribution in [0.25, 0.3) is 0 Å². The molecule has 0 bridgehead atoms. The first-order valence-electron chi connectivity index (χ1n) is 10.2. The van der Waals surface area contributed by atoms with Crippen LogP contribution in [-0.4, -0.2) is 80.9 Å². The molecule has 3 heterocycles. The van der Waals surface area contributed by atoms with Crippen LogP contribution in [0.2, 0.25) is 5.02 Å². The molecule has 30 heavy (non-hydrogen) atoms. The molecule has 4 rings (SSSR count). The van der Waals surface area contributed by atoms with Crippen LogP contribution in [0.5, 0.6) is 11.5 Å². The van der Waals surface area contributed by atoms with Crippen molar-refractivity contribution >= 4 is 33.4 Å². The van der Waals surface area contributed by atoms with Crippen molar-refractivity contribution < 1.29 is 28.8 Å². The van der Waals surface area contributed by atoms with Crippen LogP contribution >= 0.6 is 27.5 Å². The van der Waals surface area contributed by atoms with E-state index in [2.05, 4.69) is 26.1 Å². The Balaban J connectivity index is 1.35. The highest BCUT2D eigenvalue weighted by Crippen LogP contribution is 2.44. The first-order valence-corrected chi connectivity index (χ1v) is 11.4. The average molecular weight is 506 g/mol. The average Bonchev–Trinajstić information content (AvgIpc) is 3.11. The normalized spacial score (nSPS) is 25.2. The summed E-state index contributed by atoms with van der Waals surface area (Å²) in [7, 11) is 0. The van der Waals surface area contributed by atoms with Crippen molar-refractivity contribution in [3.63, 3.8) is 0 Å². The molecule has 3 aliphatic heterocycles. The number of β-amino-alcohol motifs (C(OH)–C–C–N with tert-alkyl or cyclic N) is 1. The molecular formula is C20H26BrClN2O6. The van der Waals surface area contributed by atoms with Crippen LogP contribution in [0, 0.1) is 5.92 Å². The summed E-state index contributed by atoms with van der Waals surface area (Å²) in [5.74, 6) is 0.522. The van der Waals surface area contributed by atoms with Crippen LogP contribution in [0.4, 0.5) is 0 Å². The number of likely N-dealkylation sites (tertiary alicyclic amines) is 1.